The molecule has 0 saturated heterocycles. The first-order valence-electron chi connectivity index (χ1n) is 14.9. The lowest BCUT2D eigenvalue weighted by atomic mass is 9.85. The zero-order chi connectivity index (χ0) is 31.0. The maximum Gasteiger partial charge on any atom is 0.200 e. The van der Waals surface area contributed by atoms with Crippen molar-refractivity contribution in [1.82, 2.24) is 14.5 Å². The van der Waals surface area contributed by atoms with Crippen LogP contribution in [0.1, 0.15) is 133 Å². The summed E-state index contributed by atoms with van der Waals surface area (Å²) < 4.78 is 7.75. The van der Waals surface area contributed by atoms with E-state index in [1.807, 2.05) is 30.1 Å². The highest BCUT2D eigenvalue weighted by atomic mass is 16.3. The minimum atomic E-state index is -0.0209. The molecule has 6 rings (SSSR count). The van der Waals surface area contributed by atoms with Gasteiger partial charge in [0.25, 0.3) is 0 Å². The number of fused-ring (bicyclic) bond motifs is 3. The zero-order valence-electron chi connectivity index (χ0n) is 27.7. The Morgan fingerprint density at radius 1 is 0.674 bits per heavy atom. The van der Waals surface area contributed by atoms with Gasteiger partial charge in [-0.15, -0.1) is 0 Å². The predicted octanol–water partition coefficient (Wildman–Crippen LogP) is 12.2. The molecule has 0 atom stereocenters. The van der Waals surface area contributed by atoms with Gasteiger partial charge in [-0.1, -0.05) is 116 Å². The van der Waals surface area contributed by atoms with E-state index in [-0.39, 0.29) is 46.0 Å². The number of hydrogen-bond acceptors (Lipinski definition) is 4. The molecule has 0 N–H and O–H groups in total. The summed E-state index contributed by atoms with van der Waals surface area (Å²) in [5, 5.41) is 0. The smallest absolute Gasteiger partial charge is 0.200 e. The van der Waals surface area contributed by atoms with Crippen molar-refractivity contribution in [1.29, 1.82) is 0 Å². The monoisotopic (exact) mass is 629 g/mol. The molecular formula is C41H64N4O. The van der Waals surface area contributed by atoms with Crippen LogP contribution in [0.5, 0.6) is 0 Å². The standard InChI is InChI=1S/C13H17N.C12H16N2.C12H15NO.4CH4/c1-9-12-7-11(13(2,3)4)6-5-10(12)8-14-9;1-12(2,3)9-5-6-11-10(7-9)13-8-14(11)4;1-8-5-6-9-10(7-8)14-11(13-9)12(2,3)4;;;;/h5-7H,8H2,1-4H3;5-8H,1-4H3;5-7H,1-4H3;4*1H4. The Labute approximate surface area is 281 Å². The molecule has 2 aromatic heterocycles. The number of aryl methyl sites for hydroxylation is 2. The highest BCUT2D eigenvalue weighted by Crippen LogP contribution is 2.28. The van der Waals surface area contributed by atoms with Gasteiger partial charge in [-0.05, 0) is 77.3 Å². The van der Waals surface area contributed by atoms with Gasteiger partial charge in [0.2, 0.25) is 5.89 Å². The van der Waals surface area contributed by atoms with Crippen molar-refractivity contribution in [3.8, 4) is 0 Å². The Balaban J connectivity index is 0.000000633. The molecule has 0 saturated carbocycles. The van der Waals surface area contributed by atoms with E-state index in [4.69, 9.17) is 4.42 Å². The van der Waals surface area contributed by atoms with Gasteiger partial charge < -0.3 is 8.98 Å². The zero-order valence-corrected chi connectivity index (χ0v) is 27.7. The Hall–Kier alpha value is -3.73. The van der Waals surface area contributed by atoms with E-state index in [1.165, 1.54) is 39.0 Å². The second-order valence-corrected chi connectivity index (χ2v) is 14.6. The second-order valence-electron chi connectivity index (χ2n) is 14.6. The summed E-state index contributed by atoms with van der Waals surface area (Å²) in [6, 6.07) is 19.3. The molecule has 0 radical (unpaired) electrons. The molecule has 0 spiro atoms. The lowest BCUT2D eigenvalue weighted by molar-refractivity contribution is 0.411. The third kappa shape index (κ3) is 9.88. The third-order valence-corrected chi connectivity index (χ3v) is 7.63. The summed E-state index contributed by atoms with van der Waals surface area (Å²) in [6.07, 6.45) is 1.86. The predicted molar refractivity (Wildman–Crippen MR) is 205 cm³/mol. The van der Waals surface area contributed by atoms with E-state index < -0.39 is 0 Å². The van der Waals surface area contributed by atoms with Gasteiger partial charge in [0.05, 0.1) is 23.9 Å². The summed E-state index contributed by atoms with van der Waals surface area (Å²) in [6.45, 7) is 24.7. The second kappa shape index (κ2) is 15.7. The highest BCUT2D eigenvalue weighted by molar-refractivity contribution is 6.02. The van der Waals surface area contributed by atoms with Crippen molar-refractivity contribution < 1.29 is 4.42 Å². The summed E-state index contributed by atoms with van der Waals surface area (Å²) in [5.74, 6) is 0.804. The van der Waals surface area contributed by atoms with Crippen molar-refractivity contribution in [2.45, 2.75) is 129 Å². The molecular weight excluding hydrogens is 564 g/mol. The van der Waals surface area contributed by atoms with Crippen LogP contribution in [-0.2, 0) is 29.8 Å². The van der Waals surface area contributed by atoms with Crippen LogP contribution in [0, 0.1) is 6.92 Å². The van der Waals surface area contributed by atoms with Crippen LogP contribution >= 0.6 is 0 Å². The molecule has 0 bridgehead atoms. The number of oxazole rings is 1. The van der Waals surface area contributed by atoms with Crippen molar-refractivity contribution in [2.75, 3.05) is 0 Å². The SMILES string of the molecule is C.C.C.C.CC1=NCc2ccc(C(C)(C)C)cc21.Cc1ccc2nc(C(C)(C)C)oc2c1.Cn1cnc2cc(C(C)(C)C)ccc21. The number of aliphatic imine (C=N–C) groups is 1. The molecule has 5 nitrogen and oxygen atoms in total. The van der Waals surface area contributed by atoms with Gasteiger partial charge >= 0.3 is 0 Å². The molecule has 5 heteroatoms. The van der Waals surface area contributed by atoms with Crippen molar-refractivity contribution >= 4 is 27.8 Å². The van der Waals surface area contributed by atoms with Gasteiger partial charge in [-0.3, -0.25) is 4.99 Å². The maximum absolute atomic E-state index is 5.70. The van der Waals surface area contributed by atoms with Crippen LogP contribution in [0.25, 0.3) is 22.1 Å². The Bertz CT molecular complexity index is 1720. The van der Waals surface area contributed by atoms with Crippen LogP contribution in [-0.4, -0.2) is 20.2 Å². The van der Waals surface area contributed by atoms with Crippen molar-refractivity contribution in [2.24, 2.45) is 12.0 Å². The minimum absolute atomic E-state index is 0. The van der Waals surface area contributed by atoms with Crippen LogP contribution in [0.3, 0.4) is 0 Å². The molecule has 46 heavy (non-hydrogen) atoms. The van der Waals surface area contributed by atoms with E-state index in [2.05, 4.69) is 134 Å². The molecule has 0 aliphatic carbocycles. The minimum Gasteiger partial charge on any atom is -0.440 e. The first kappa shape index (κ1) is 42.3. The van der Waals surface area contributed by atoms with E-state index in [9.17, 15) is 0 Å². The van der Waals surface area contributed by atoms with Crippen molar-refractivity contribution in [3.05, 3.63) is 94.6 Å². The first-order valence-corrected chi connectivity index (χ1v) is 14.9. The largest absolute Gasteiger partial charge is 0.440 e. The lowest BCUT2D eigenvalue weighted by Gasteiger charge is -2.19. The molecule has 5 aromatic rings. The third-order valence-electron chi connectivity index (χ3n) is 7.63. The summed E-state index contributed by atoms with van der Waals surface area (Å²) in [5.41, 5.74) is 12.4. The fourth-order valence-corrected chi connectivity index (χ4v) is 4.76. The first-order chi connectivity index (χ1) is 19.4. The molecule has 0 unspecified atom stereocenters. The fourth-order valence-electron chi connectivity index (χ4n) is 4.76. The van der Waals surface area contributed by atoms with Crippen LogP contribution < -0.4 is 0 Å². The number of aromatic nitrogens is 3. The van der Waals surface area contributed by atoms with E-state index in [0.29, 0.717) is 0 Å². The van der Waals surface area contributed by atoms with E-state index in [0.717, 1.165) is 29.1 Å². The van der Waals surface area contributed by atoms with Gasteiger partial charge in [0, 0.05) is 23.7 Å². The maximum atomic E-state index is 5.70. The molecule has 0 fully saturated rings. The van der Waals surface area contributed by atoms with Crippen LogP contribution in [0.2, 0.25) is 0 Å². The number of rotatable bonds is 0. The fraction of sp³-hybridized carbons (Fsp3) is 0.488. The Morgan fingerprint density at radius 2 is 1.26 bits per heavy atom. The number of nitrogens with zero attached hydrogens (tertiary/aromatic N) is 4. The van der Waals surface area contributed by atoms with Crippen molar-refractivity contribution in [3.63, 3.8) is 0 Å². The normalized spacial score (nSPS) is 12.1. The summed E-state index contributed by atoms with van der Waals surface area (Å²) in [7, 11) is 2.02. The number of imidazole rings is 1. The number of benzene rings is 3. The quantitative estimate of drug-likeness (QED) is 0.171. The summed E-state index contributed by atoms with van der Waals surface area (Å²) >= 11 is 0. The van der Waals surface area contributed by atoms with E-state index >= 15 is 0 Å². The molecule has 0 amide bonds. The molecule has 3 aromatic carbocycles. The summed E-state index contributed by atoms with van der Waals surface area (Å²) in [4.78, 5) is 13.3. The lowest BCUT2D eigenvalue weighted by Crippen LogP contribution is -2.12. The topological polar surface area (TPSA) is 56.2 Å². The average molecular weight is 629 g/mol. The highest BCUT2D eigenvalue weighted by Gasteiger charge is 2.21. The molecule has 254 valence electrons. The molecule has 1 aliphatic rings. The molecule has 3 heterocycles. The average Bonchev–Trinajstić information content (AvgIpc) is 3.60. The van der Waals surface area contributed by atoms with Crippen LogP contribution in [0.4, 0.5) is 0 Å². The number of hydrogen-bond donors (Lipinski definition) is 0. The van der Waals surface area contributed by atoms with Gasteiger partial charge in [0.1, 0.15) is 5.52 Å². The van der Waals surface area contributed by atoms with Gasteiger partial charge in [-0.2, -0.15) is 0 Å². The van der Waals surface area contributed by atoms with Crippen LogP contribution in [0.15, 0.2) is 70.3 Å². The molecule has 1 aliphatic heterocycles. The van der Waals surface area contributed by atoms with Gasteiger partial charge in [-0.25, -0.2) is 9.97 Å². The van der Waals surface area contributed by atoms with Gasteiger partial charge in [0.15, 0.2) is 5.58 Å². The Kier molecular flexibility index (Phi) is 14.4. The van der Waals surface area contributed by atoms with E-state index in [1.54, 1.807) is 0 Å². The Morgan fingerprint density at radius 3 is 1.85 bits per heavy atom.